The average molecular weight is 318 g/mol. The Kier molecular flexibility index (Phi) is 4.52. The van der Waals surface area contributed by atoms with E-state index >= 15 is 0 Å². The molecule has 0 saturated heterocycles. The van der Waals surface area contributed by atoms with Crippen LogP contribution in [0.15, 0.2) is 60.7 Å². The van der Waals surface area contributed by atoms with E-state index in [-0.39, 0.29) is 5.91 Å². The number of carbonyl (C=O) groups excluding carboxylic acids is 1. The van der Waals surface area contributed by atoms with Gasteiger partial charge in [-0.05, 0) is 56.3 Å². The first-order valence-electron chi connectivity index (χ1n) is 7.66. The molecule has 0 unspecified atom stereocenters. The molecule has 24 heavy (non-hydrogen) atoms. The molecule has 5 nitrogen and oxygen atoms in total. The predicted molar refractivity (Wildman–Crippen MR) is 95.6 cm³/mol. The minimum absolute atomic E-state index is 0.131. The van der Waals surface area contributed by atoms with E-state index in [1.54, 1.807) is 12.1 Å². The third kappa shape index (κ3) is 3.95. The van der Waals surface area contributed by atoms with Crippen LogP contribution in [-0.2, 0) is 0 Å². The number of rotatable bonds is 4. The third-order valence-corrected chi connectivity index (χ3v) is 3.42. The Hall–Kier alpha value is -3.21. The Balaban J connectivity index is 1.68. The first-order chi connectivity index (χ1) is 11.6. The van der Waals surface area contributed by atoms with Crippen molar-refractivity contribution >= 4 is 23.2 Å². The number of aryl methyl sites for hydroxylation is 2. The van der Waals surface area contributed by atoms with Crippen LogP contribution in [0.2, 0.25) is 0 Å². The highest BCUT2D eigenvalue weighted by Crippen LogP contribution is 2.18. The van der Waals surface area contributed by atoms with Crippen molar-refractivity contribution < 1.29 is 4.79 Å². The summed E-state index contributed by atoms with van der Waals surface area (Å²) in [6, 6.07) is 18.5. The second-order valence-electron chi connectivity index (χ2n) is 5.50. The van der Waals surface area contributed by atoms with Crippen molar-refractivity contribution in [2.24, 2.45) is 0 Å². The van der Waals surface area contributed by atoms with Crippen LogP contribution in [0, 0.1) is 13.8 Å². The second-order valence-corrected chi connectivity index (χ2v) is 5.50. The summed E-state index contributed by atoms with van der Waals surface area (Å²) < 4.78 is 0. The van der Waals surface area contributed by atoms with E-state index in [1.165, 1.54) is 0 Å². The summed E-state index contributed by atoms with van der Waals surface area (Å²) in [5.74, 6) is 0.433. The molecule has 120 valence electrons. The molecular weight excluding hydrogens is 300 g/mol. The summed E-state index contributed by atoms with van der Waals surface area (Å²) in [5, 5.41) is 6.03. The van der Waals surface area contributed by atoms with Crippen LogP contribution >= 0.6 is 0 Å². The average Bonchev–Trinajstić information content (AvgIpc) is 2.56. The summed E-state index contributed by atoms with van der Waals surface area (Å²) in [6.45, 7) is 3.87. The highest BCUT2D eigenvalue weighted by atomic mass is 16.1. The van der Waals surface area contributed by atoms with Crippen molar-refractivity contribution in [3.8, 4) is 0 Å². The number of anilines is 3. The zero-order chi connectivity index (χ0) is 16.9. The van der Waals surface area contributed by atoms with Gasteiger partial charge in [0.25, 0.3) is 5.91 Å². The predicted octanol–water partition coefficient (Wildman–Crippen LogP) is 4.09. The zero-order valence-electron chi connectivity index (χ0n) is 13.6. The molecule has 0 spiro atoms. The molecule has 0 fully saturated rings. The maximum Gasteiger partial charge on any atom is 0.255 e. The molecule has 2 N–H and O–H groups in total. The van der Waals surface area contributed by atoms with Gasteiger partial charge in [0, 0.05) is 28.3 Å². The molecule has 0 aliphatic carbocycles. The molecule has 2 aromatic carbocycles. The van der Waals surface area contributed by atoms with Crippen molar-refractivity contribution in [3.05, 3.63) is 77.6 Å². The summed E-state index contributed by atoms with van der Waals surface area (Å²) in [4.78, 5) is 20.8. The second kappa shape index (κ2) is 6.91. The molecule has 0 aliphatic heterocycles. The minimum atomic E-state index is -0.131. The number of amides is 1. The molecule has 0 radical (unpaired) electrons. The molecule has 1 amide bonds. The fraction of sp³-hybridized carbons (Fsp3) is 0.105. The van der Waals surface area contributed by atoms with Gasteiger partial charge < -0.3 is 10.6 Å². The van der Waals surface area contributed by atoms with Gasteiger partial charge in [-0.3, -0.25) is 4.79 Å². The Bertz CT molecular complexity index is 825. The van der Waals surface area contributed by atoms with Gasteiger partial charge in [-0.25, -0.2) is 9.97 Å². The van der Waals surface area contributed by atoms with E-state index in [1.807, 2.05) is 62.4 Å². The lowest BCUT2D eigenvalue weighted by Crippen LogP contribution is -2.11. The monoisotopic (exact) mass is 318 g/mol. The molecule has 1 heterocycles. The van der Waals surface area contributed by atoms with Crippen LogP contribution in [0.25, 0.3) is 0 Å². The summed E-state index contributed by atoms with van der Waals surface area (Å²) >= 11 is 0. The lowest BCUT2D eigenvalue weighted by Gasteiger charge is -2.09. The van der Waals surface area contributed by atoms with Crippen molar-refractivity contribution in [1.29, 1.82) is 0 Å². The first-order valence-corrected chi connectivity index (χ1v) is 7.66. The van der Waals surface area contributed by atoms with E-state index in [4.69, 9.17) is 0 Å². The highest BCUT2D eigenvalue weighted by Gasteiger charge is 2.05. The van der Waals surface area contributed by atoms with Gasteiger partial charge in [0.2, 0.25) is 5.95 Å². The molecule has 3 rings (SSSR count). The summed E-state index contributed by atoms with van der Waals surface area (Å²) in [6.07, 6.45) is 0. The number of nitrogens with zero attached hydrogens (tertiary/aromatic N) is 2. The molecule has 1 aromatic heterocycles. The maximum atomic E-state index is 12.1. The van der Waals surface area contributed by atoms with E-state index in [2.05, 4.69) is 20.6 Å². The molecule has 0 aliphatic rings. The van der Waals surface area contributed by atoms with Gasteiger partial charge in [-0.1, -0.05) is 18.2 Å². The number of carbonyl (C=O) groups is 1. The fourth-order valence-corrected chi connectivity index (χ4v) is 2.34. The van der Waals surface area contributed by atoms with Crippen molar-refractivity contribution in [2.45, 2.75) is 13.8 Å². The van der Waals surface area contributed by atoms with Crippen LogP contribution in [0.3, 0.4) is 0 Å². The van der Waals surface area contributed by atoms with E-state index in [0.717, 1.165) is 22.8 Å². The molecule has 0 bridgehead atoms. The topological polar surface area (TPSA) is 66.9 Å². The van der Waals surface area contributed by atoms with Gasteiger partial charge in [-0.15, -0.1) is 0 Å². The van der Waals surface area contributed by atoms with Crippen LogP contribution in [0.1, 0.15) is 21.7 Å². The quantitative estimate of drug-likeness (QED) is 0.760. The van der Waals surface area contributed by atoms with E-state index in [9.17, 15) is 4.79 Å². The van der Waals surface area contributed by atoms with Crippen LogP contribution in [0.5, 0.6) is 0 Å². The van der Waals surface area contributed by atoms with Crippen molar-refractivity contribution in [1.82, 2.24) is 9.97 Å². The lowest BCUT2D eigenvalue weighted by atomic mass is 10.2. The largest absolute Gasteiger partial charge is 0.324 e. The fourth-order valence-electron chi connectivity index (χ4n) is 2.34. The molecule has 0 saturated carbocycles. The van der Waals surface area contributed by atoms with Gasteiger partial charge in [0.05, 0.1) is 0 Å². The van der Waals surface area contributed by atoms with E-state index in [0.29, 0.717) is 11.5 Å². The molecular formula is C19H18N4O. The Morgan fingerprint density at radius 2 is 1.42 bits per heavy atom. The van der Waals surface area contributed by atoms with Crippen LogP contribution in [-0.4, -0.2) is 15.9 Å². The van der Waals surface area contributed by atoms with Crippen LogP contribution < -0.4 is 10.6 Å². The highest BCUT2D eigenvalue weighted by molar-refractivity contribution is 6.04. The standard InChI is InChI=1S/C19H18N4O/c1-13-12-14(2)21-19(20-13)23-17-10-8-16(9-11-17)22-18(24)15-6-4-3-5-7-15/h3-12H,1-2H3,(H,22,24)(H,20,21,23). The van der Waals surface area contributed by atoms with Crippen molar-refractivity contribution in [2.75, 3.05) is 10.6 Å². The molecule has 5 heteroatoms. The van der Waals surface area contributed by atoms with Gasteiger partial charge in [-0.2, -0.15) is 0 Å². The van der Waals surface area contributed by atoms with E-state index < -0.39 is 0 Å². The summed E-state index contributed by atoms with van der Waals surface area (Å²) in [7, 11) is 0. The summed E-state index contributed by atoms with van der Waals surface area (Å²) in [5.41, 5.74) is 4.05. The number of aromatic nitrogens is 2. The lowest BCUT2D eigenvalue weighted by molar-refractivity contribution is 0.102. The maximum absolute atomic E-state index is 12.1. The zero-order valence-corrected chi connectivity index (χ0v) is 13.6. The number of hydrogen-bond donors (Lipinski definition) is 2. The third-order valence-electron chi connectivity index (χ3n) is 3.42. The first kappa shape index (κ1) is 15.7. The Morgan fingerprint density at radius 3 is 2.04 bits per heavy atom. The SMILES string of the molecule is Cc1cc(C)nc(Nc2ccc(NC(=O)c3ccccc3)cc2)n1. The normalized spacial score (nSPS) is 10.2. The van der Waals surface area contributed by atoms with Gasteiger partial charge >= 0.3 is 0 Å². The Morgan fingerprint density at radius 1 is 0.833 bits per heavy atom. The number of benzene rings is 2. The molecule has 3 aromatic rings. The smallest absolute Gasteiger partial charge is 0.255 e. The molecule has 0 atom stereocenters. The minimum Gasteiger partial charge on any atom is -0.324 e. The van der Waals surface area contributed by atoms with Crippen LogP contribution in [0.4, 0.5) is 17.3 Å². The van der Waals surface area contributed by atoms with Crippen molar-refractivity contribution in [3.63, 3.8) is 0 Å². The van der Waals surface area contributed by atoms with Gasteiger partial charge in [0.1, 0.15) is 0 Å². The number of nitrogens with one attached hydrogen (secondary N) is 2. The Labute approximate surface area is 140 Å². The number of hydrogen-bond acceptors (Lipinski definition) is 4. The van der Waals surface area contributed by atoms with Gasteiger partial charge in [0.15, 0.2) is 0 Å².